The minimum atomic E-state index is -1.40. The first-order chi connectivity index (χ1) is 11.1. The van der Waals surface area contributed by atoms with Gasteiger partial charge in [0.15, 0.2) is 17.5 Å². The molecular formula is C20H25F3. The van der Waals surface area contributed by atoms with E-state index < -0.39 is 17.5 Å². The van der Waals surface area contributed by atoms with Crippen LogP contribution in [0.4, 0.5) is 13.2 Å². The molecule has 0 saturated heterocycles. The molecule has 0 aliphatic heterocycles. The van der Waals surface area contributed by atoms with Gasteiger partial charge in [-0.3, -0.25) is 0 Å². The third kappa shape index (κ3) is 5.26. The third-order valence-corrected chi connectivity index (χ3v) is 4.44. The van der Waals surface area contributed by atoms with Crippen molar-refractivity contribution < 1.29 is 13.2 Å². The molecule has 0 spiro atoms. The number of benzene rings is 1. The van der Waals surface area contributed by atoms with E-state index in [2.05, 4.69) is 13.0 Å². The van der Waals surface area contributed by atoms with Gasteiger partial charge >= 0.3 is 0 Å². The SMILES string of the molecule is CCCCCCCCC1=CC=C(c2cc(F)c(F)c(F)c2)CC1. The second-order valence-corrected chi connectivity index (χ2v) is 6.29. The van der Waals surface area contributed by atoms with Crippen molar-refractivity contribution in [3.05, 3.63) is 52.9 Å². The van der Waals surface area contributed by atoms with Crippen LogP contribution in [-0.2, 0) is 0 Å². The van der Waals surface area contributed by atoms with E-state index in [1.165, 1.54) is 44.1 Å². The summed E-state index contributed by atoms with van der Waals surface area (Å²) in [7, 11) is 0. The van der Waals surface area contributed by atoms with Gasteiger partial charge in [-0.1, -0.05) is 56.8 Å². The molecule has 1 aliphatic carbocycles. The van der Waals surface area contributed by atoms with Gasteiger partial charge in [-0.05, 0) is 49.0 Å². The highest BCUT2D eigenvalue weighted by Gasteiger charge is 2.14. The lowest BCUT2D eigenvalue weighted by Gasteiger charge is -2.15. The third-order valence-electron chi connectivity index (χ3n) is 4.44. The zero-order valence-corrected chi connectivity index (χ0v) is 13.8. The molecule has 0 radical (unpaired) electrons. The van der Waals surface area contributed by atoms with Crippen molar-refractivity contribution in [3.63, 3.8) is 0 Å². The first-order valence-electron chi connectivity index (χ1n) is 8.65. The van der Waals surface area contributed by atoms with Crippen LogP contribution in [-0.4, -0.2) is 0 Å². The Hall–Kier alpha value is -1.51. The first-order valence-corrected chi connectivity index (χ1v) is 8.65. The Morgan fingerprint density at radius 1 is 0.826 bits per heavy atom. The van der Waals surface area contributed by atoms with Crippen molar-refractivity contribution in [1.82, 2.24) is 0 Å². The molecule has 1 aromatic rings. The van der Waals surface area contributed by atoms with Crippen LogP contribution >= 0.6 is 0 Å². The van der Waals surface area contributed by atoms with E-state index in [0.29, 0.717) is 5.56 Å². The molecule has 2 rings (SSSR count). The maximum absolute atomic E-state index is 13.3. The van der Waals surface area contributed by atoms with E-state index in [1.54, 1.807) is 0 Å². The van der Waals surface area contributed by atoms with Gasteiger partial charge in [0.2, 0.25) is 0 Å². The highest BCUT2D eigenvalue weighted by atomic mass is 19.2. The number of hydrogen-bond donors (Lipinski definition) is 0. The van der Waals surface area contributed by atoms with Crippen LogP contribution in [0, 0.1) is 17.5 Å². The smallest absolute Gasteiger partial charge is 0.194 e. The molecule has 0 heterocycles. The number of unbranched alkanes of at least 4 members (excludes halogenated alkanes) is 5. The summed E-state index contributed by atoms with van der Waals surface area (Å²) in [6.45, 7) is 2.22. The molecule has 0 aromatic heterocycles. The summed E-state index contributed by atoms with van der Waals surface area (Å²) in [5, 5.41) is 0. The molecule has 0 fully saturated rings. The van der Waals surface area contributed by atoms with Gasteiger partial charge in [-0.25, -0.2) is 13.2 Å². The Balaban J connectivity index is 1.88. The predicted molar refractivity (Wildman–Crippen MR) is 89.6 cm³/mol. The largest absolute Gasteiger partial charge is 0.204 e. The van der Waals surface area contributed by atoms with Gasteiger partial charge in [0.05, 0.1) is 0 Å². The number of rotatable bonds is 8. The molecule has 0 unspecified atom stereocenters. The molecule has 0 amide bonds. The summed E-state index contributed by atoms with van der Waals surface area (Å²) in [5.74, 6) is -3.64. The quantitative estimate of drug-likeness (QED) is 0.358. The summed E-state index contributed by atoms with van der Waals surface area (Å²) in [6, 6.07) is 2.16. The number of hydrogen-bond acceptors (Lipinski definition) is 0. The summed E-state index contributed by atoms with van der Waals surface area (Å²) < 4.78 is 39.6. The molecule has 0 atom stereocenters. The van der Waals surface area contributed by atoms with Crippen LogP contribution in [0.15, 0.2) is 29.9 Å². The van der Waals surface area contributed by atoms with Crippen LogP contribution in [0.5, 0.6) is 0 Å². The maximum Gasteiger partial charge on any atom is 0.194 e. The van der Waals surface area contributed by atoms with Crippen LogP contribution < -0.4 is 0 Å². The Labute approximate surface area is 137 Å². The molecule has 1 aromatic carbocycles. The molecule has 23 heavy (non-hydrogen) atoms. The summed E-state index contributed by atoms with van der Waals surface area (Å²) in [5.41, 5.74) is 2.71. The van der Waals surface area contributed by atoms with Gasteiger partial charge in [0.25, 0.3) is 0 Å². The summed E-state index contributed by atoms with van der Waals surface area (Å²) >= 11 is 0. The van der Waals surface area contributed by atoms with E-state index in [-0.39, 0.29) is 0 Å². The molecule has 0 bridgehead atoms. The standard InChI is InChI=1S/C20H25F3/c1-2-3-4-5-6-7-8-15-9-11-16(12-10-15)17-13-18(21)20(23)19(22)14-17/h9,11,13-14H,2-8,10,12H2,1H3. The first kappa shape index (κ1) is 17.8. The minimum Gasteiger partial charge on any atom is -0.204 e. The van der Waals surface area contributed by atoms with Crippen LogP contribution in [0.3, 0.4) is 0 Å². The van der Waals surface area contributed by atoms with E-state index >= 15 is 0 Å². The summed E-state index contributed by atoms with van der Waals surface area (Å²) in [6.07, 6.45) is 14.4. The average Bonchev–Trinajstić information content (AvgIpc) is 2.56. The monoisotopic (exact) mass is 322 g/mol. The number of allylic oxidation sites excluding steroid dienone is 4. The second kappa shape index (κ2) is 8.95. The van der Waals surface area contributed by atoms with E-state index in [9.17, 15) is 13.2 Å². The fourth-order valence-corrected chi connectivity index (χ4v) is 3.00. The van der Waals surface area contributed by atoms with E-state index in [4.69, 9.17) is 0 Å². The lowest BCUT2D eigenvalue weighted by atomic mass is 9.91. The summed E-state index contributed by atoms with van der Waals surface area (Å²) in [4.78, 5) is 0. The van der Waals surface area contributed by atoms with Crippen molar-refractivity contribution in [2.75, 3.05) is 0 Å². The number of halogens is 3. The Kier molecular flexibility index (Phi) is 6.94. The molecule has 1 aliphatic rings. The van der Waals surface area contributed by atoms with Gasteiger partial charge in [0, 0.05) is 0 Å². The fraction of sp³-hybridized carbons (Fsp3) is 0.500. The predicted octanol–water partition coefficient (Wildman–Crippen LogP) is 6.96. The molecular weight excluding hydrogens is 297 g/mol. The highest BCUT2D eigenvalue weighted by Crippen LogP contribution is 2.30. The lowest BCUT2D eigenvalue weighted by Crippen LogP contribution is -1.98. The maximum atomic E-state index is 13.3. The van der Waals surface area contributed by atoms with Gasteiger partial charge < -0.3 is 0 Å². The van der Waals surface area contributed by atoms with E-state index in [1.807, 2.05) is 6.08 Å². The fourth-order valence-electron chi connectivity index (χ4n) is 3.00. The molecule has 0 nitrogen and oxygen atoms in total. The topological polar surface area (TPSA) is 0 Å². The van der Waals surface area contributed by atoms with Crippen molar-refractivity contribution >= 4 is 5.57 Å². The van der Waals surface area contributed by atoms with Crippen molar-refractivity contribution in [1.29, 1.82) is 0 Å². The van der Waals surface area contributed by atoms with Crippen LogP contribution in [0.25, 0.3) is 5.57 Å². The normalized spacial score (nSPS) is 14.6. The Morgan fingerprint density at radius 2 is 1.48 bits per heavy atom. The van der Waals surface area contributed by atoms with Gasteiger partial charge in [-0.15, -0.1) is 0 Å². The molecule has 0 saturated carbocycles. The minimum absolute atomic E-state index is 0.441. The zero-order valence-electron chi connectivity index (χ0n) is 13.8. The molecule has 3 heteroatoms. The van der Waals surface area contributed by atoms with Gasteiger partial charge in [0.1, 0.15) is 0 Å². The van der Waals surface area contributed by atoms with E-state index in [0.717, 1.165) is 37.0 Å². The Morgan fingerprint density at radius 3 is 2.09 bits per heavy atom. The highest BCUT2D eigenvalue weighted by molar-refractivity contribution is 5.68. The van der Waals surface area contributed by atoms with Crippen molar-refractivity contribution in [3.8, 4) is 0 Å². The zero-order chi connectivity index (χ0) is 16.7. The van der Waals surface area contributed by atoms with Gasteiger partial charge in [-0.2, -0.15) is 0 Å². The average molecular weight is 322 g/mol. The second-order valence-electron chi connectivity index (χ2n) is 6.29. The van der Waals surface area contributed by atoms with Crippen molar-refractivity contribution in [2.45, 2.75) is 64.7 Å². The molecule has 0 N–H and O–H groups in total. The molecule has 126 valence electrons. The van der Waals surface area contributed by atoms with Crippen LogP contribution in [0.2, 0.25) is 0 Å². The van der Waals surface area contributed by atoms with Crippen LogP contribution in [0.1, 0.15) is 70.3 Å². The van der Waals surface area contributed by atoms with Crippen molar-refractivity contribution in [2.24, 2.45) is 0 Å². The lowest BCUT2D eigenvalue weighted by molar-refractivity contribution is 0.446. The Bertz CT molecular complexity index is 562.